The van der Waals surface area contributed by atoms with Gasteiger partial charge in [-0.1, -0.05) is 35.0 Å². The number of carboxylic acid groups (broad SMARTS) is 1. The molecule has 2 saturated heterocycles. The number of sulfone groups is 1. The Bertz CT molecular complexity index is 921. The van der Waals surface area contributed by atoms with Gasteiger partial charge in [-0.05, 0) is 18.2 Å². The monoisotopic (exact) mass is 452 g/mol. The lowest BCUT2D eigenvalue weighted by Gasteiger charge is -2.25. The molecule has 0 spiro atoms. The highest BCUT2D eigenvalue weighted by atomic mass is 35.5. The predicted molar refractivity (Wildman–Crippen MR) is 104 cm³/mol. The number of amides is 1. The number of carbonyl (C=O) groups excluding carboxylic acids is 1. The van der Waals surface area contributed by atoms with Gasteiger partial charge in [0.2, 0.25) is 0 Å². The summed E-state index contributed by atoms with van der Waals surface area (Å²) in [6.07, 6.45) is 0. The normalized spacial score (nSPS) is 25.0. The molecule has 1 aromatic rings. The van der Waals surface area contributed by atoms with Crippen molar-refractivity contribution < 1.29 is 27.9 Å². The van der Waals surface area contributed by atoms with Crippen LogP contribution in [0.25, 0.3) is 0 Å². The fourth-order valence-electron chi connectivity index (χ4n) is 2.88. The number of thioether (sulfide) groups is 1. The van der Waals surface area contributed by atoms with Gasteiger partial charge in [-0.3, -0.25) is 4.79 Å². The van der Waals surface area contributed by atoms with Crippen molar-refractivity contribution in [1.29, 1.82) is 0 Å². The van der Waals surface area contributed by atoms with Crippen molar-refractivity contribution in [2.45, 2.75) is 11.3 Å². The topological polar surface area (TPSA) is 113 Å². The summed E-state index contributed by atoms with van der Waals surface area (Å²) < 4.78 is 28.8. The molecule has 1 N–H and O–H groups in total. The van der Waals surface area contributed by atoms with Crippen LogP contribution in [0.15, 0.2) is 23.2 Å². The molecule has 2 fully saturated rings. The molecule has 1 amide bonds. The number of ether oxygens (including phenoxy) is 1. The van der Waals surface area contributed by atoms with Gasteiger partial charge in [0.05, 0.1) is 28.3 Å². The Morgan fingerprint density at radius 3 is 2.74 bits per heavy atom. The van der Waals surface area contributed by atoms with Gasteiger partial charge in [-0.25, -0.2) is 13.2 Å². The summed E-state index contributed by atoms with van der Waals surface area (Å²) in [5, 5.41) is 9.28. The first-order valence-corrected chi connectivity index (χ1v) is 11.1. The number of anilines is 1. The minimum Gasteiger partial charge on any atom is -0.480 e. The fourth-order valence-corrected chi connectivity index (χ4v) is 7.18. The maximum Gasteiger partial charge on any atom is 0.329 e. The zero-order valence-electron chi connectivity index (χ0n) is 13.7. The Morgan fingerprint density at radius 2 is 2.04 bits per heavy atom. The van der Waals surface area contributed by atoms with Gasteiger partial charge in [0, 0.05) is 10.3 Å². The smallest absolute Gasteiger partial charge is 0.329 e. The lowest BCUT2D eigenvalue weighted by Crippen LogP contribution is -2.38. The molecule has 2 heterocycles. The van der Waals surface area contributed by atoms with E-state index in [4.69, 9.17) is 33.0 Å². The van der Waals surface area contributed by atoms with Crippen LogP contribution in [0.3, 0.4) is 0 Å². The van der Waals surface area contributed by atoms with Crippen LogP contribution in [0.5, 0.6) is 0 Å². The minimum atomic E-state index is -3.21. The largest absolute Gasteiger partial charge is 0.480 e. The Morgan fingerprint density at radius 1 is 1.30 bits per heavy atom. The highest BCUT2D eigenvalue weighted by Gasteiger charge is 2.49. The third-order valence-electron chi connectivity index (χ3n) is 3.91. The van der Waals surface area contributed by atoms with Gasteiger partial charge in [-0.15, -0.1) is 0 Å². The second-order valence-corrected chi connectivity index (χ2v) is 10.1. The summed E-state index contributed by atoms with van der Waals surface area (Å²) in [5.74, 6) is -1.99. The number of hydrogen-bond donors (Lipinski definition) is 1. The zero-order valence-corrected chi connectivity index (χ0v) is 16.8. The molecule has 1 aromatic carbocycles. The fraction of sp³-hybridized carbons (Fsp3) is 0.400. The van der Waals surface area contributed by atoms with Gasteiger partial charge >= 0.3 is 5.97 Å². The van der Waals surface area contributed by atoms with Crippen LogP contribution in [0.1, 0.15) is 0 Å². The van der Waals surface area contributed by atoms with E-state index in [0.717, 1.165) is 0 Å². The van der Waals surface area contributed by atoms with E-state index in [0.29, 0.717) is 15.7 Å². The van der Waals surface area contributed by atoms with E-state index >= 15 is 0 Å². The van der Waals surface area contributed by atoms with Gasteiger partial charge < -0.3 is 14.7 Å². The maximum atomic E-state index is 12.0. The zero-order chi connectivity index (χ0) is 19.8. The number of amidine groups is 1. The second-order valence-electron chi connectivity index (χ2n) is 5.94. The number of rotatable bonds is 5. The third kappa shape index (κ3) is 4.75. The van der Waals surface area contributed by atoms with Gasteiger partial charge in [0.25, 0.3) is 5.91 Å². The molecule has 0 aliphatic carbocycles. The van der Waals surface area contributed by atoms with Crippen LogP contribution in [0.2, 0.25) is 10.0 Å². The first-order valence-electron chi connectivity index (χ1n) is 7.69. The van der Waals surface area contributed by atoms with Crippen molar-refractivity contribution >= 4 is 67.5 Å². The van der Waals surface area contributed by atoms with Crippen LogP contribution < -0.4 is 4.90 Å². The molecule has 3 rings (SSSR count). The van der Waals surface area contributed by atoms with E-state index in [1.807, 2.05) is 0 Å². The summed E-state index contributed by atoms with van der Waals surface area (Å²) in [7, 11) is -3.21. The molecule has 146 valence electrons. The Labute approximate surface area is 169 Å². The quantitative estimate of drug-likeness (QED) is 0.717. The molecule has 2 atom stereocenters. The van der Waals surface area contributed by atoms with Crippen molar-refractivity contribution in [3.05, 3.63) is 28.2 Å². The molecular weight excluding hydrogens is 439 g/mol. The summed E-state index contributed by atoms with van der Waals surface area (Å²) in [6, 6.07) is 4.33. The predicted octanol–water partition coefficient (Wildman–Crippen LogP) is 1.70. The van der Waals surface area contributed by atoms with E-state index in [1.165, 1.54) is 11.8 Å². The molecule has 12 heteroatoms. The van der Waals surface area contributed by atoms with E-state index in [9.17, 15) is 18.0 Å². The summed E-state index contributed by atoms with van der Waals surface area (Å²) in [5.41, 5.74) is 0.458. The number of hydrogen-bond acceptors (Lipinski definition) is 6. The Hall–Kier alpha value is -1.33. The Kier molecular flexibility index (Phi) is 6.02. The molecule has 0 bridgehead atoms. The van der Waals surface area contributed by atoms with Crippen LogP contribution in [0, 0.1) is 0 Å². The number of fused-ring (bicyclic) bond motifs is 1. The molecular formula is C15H14Cl2N2O6S2. The SMILES string of the molecule is O=C(O)COCC(=O)N=C1SC2CS(=O)(=O)CC2N1c1cc(Cl)ccc1Cl. The molecule has 0 radical (unpaired) electrons. The van der Waals surface area contributed by atoms with Crippen molar-refractivity contribution in [3.8, 4) is 0 Å². The first kappa shape index (κ1) is 20.4. The summed E-state index contributed by atoms with van der Waals surface area (Å²) >= 11 is 13.5. The van der Waals surface area contributed by atoms with Crippen molar-refractivity contribution in [3.63, 3.8) is 0 Å². The maximum absolute atomic E-state index is 12.0. The summed E-state index contributed by atoms with van der Waals surface area (Å²) in [6.45, 7) is -1.11. The number of carboxylic acids is 1. The number of aliphatic imine (C=N–C) groups is 1. The molecule has 2 aliphatic heterocycles. The lowest BCUT2D eigenvalue weighted by molar-refractivity contribution is -0.143. The van der Waals surface area contributed by atoms with E-state index < -0.39 is 41.0 Å². The van der Waals surface area contributed by atoms with Gasteiger partial charge in [-0.2, -0.15) is 4.99 Å². The van der Waals surface area contributed by atoms with E-state index in [-0.39, 0.29) is 21.9 Å². The molecule has 2 unspecified atom stereocenters. The number of carbonyl (C=O) groups is 2. The average Bonchev–Trinajstić information content (AvgIpc) is 3.00. The number of nitrogens with zero attached hydrogens (tertiary/aromatic N) is 2. The third-order valence-corrected chi connectivity index (χ3v) is 7.67. The minimum absolute atomic E-state index is 0.0280. The van der Waals surface area contributed by atoms with Crippen molar-refractivity contribution in [1.82, 2.24) is 0 Å². The van der Waals surface area contributed by atoms with Crippen molar-refractivity contribution in [2.75, 3.05) is 29.6 Å². The van der Waals surface area contributed by atoms with E-state index in [2.05, 4.69) is 4.99 Å². The molecule has 8 nitrogen and oxygen atoms in total. The number of benzene rings is 1. The first-order chi connectivity index (χ1) is 12.7. The molecule has 27 heavy (non-hydrogen) atoms. The van der Waals surface area contributed by atoms with E-state index in [1.54, 1.807) is 23.1 Å². The molecule has 2 aliphatic rings. The second kappa shape index (κ2) is 7.96. The number of halogens is 2. The Balaban J connectivity index is 1.91. The molecule has 0 saturated carbocycles. The highest BCUT2D eigenvalue weighted by molar-refractivity contribution is 8.16. The van der Waals surface area contributed by atoms with Gasteiger partial charge in [0.15, 0.2) is 15.0 Å². The molecule has 0 aromatic heterocycles. The standard InChI is InChI=1S/C15H14Cl2N2O6S2/c16-8-1-2-9(17)10(3-8)19-11-6-27(23,24)7-12(11)26-15(19)18-13(20)4-25-5-14(21)22/h1-3,11-12H,4-7H2,(H,21,22). The van der Waals surface area contributed by atoms with Gasteiger partial charge in [0.1, 0.15) is 13.2 Å². The van der Waals surface area contributed by atoms with Crippen LogP contribution in [-0.2, 0) is 24.2 Å². The highest BCUT2D eigenvalue weighted by Crippen LogP contribution is 2.43. The van der Waals surface area contributed by atoms with Crippen LogP contribution in [0.4, 0.5) is 5.69 Å². The summed E-state index contributed by atoms with van der Waals surface area (Å²) in [4.78, 5) is 28.1. The van der Waals surface area contributed by atoms with Crippen molar-refractivity contribution in [2.24, 2.45) is 4.99 Å². The lowest BCUT2D eigenvalue weighted by atomic mass is 10.2. The van der Waals surface area contributed by atoms with Crippen LogP contribution >= 0.6 is 35.0 Å². The van der Waals surface area contributed by atoms with Crippen LogP contribution in [-0.4, -0.2) is 66.6 Å². The average molecular weight is 453 g/mol. The number of aliphatic carboxylic acids is 1.